The summed E-state index contributed by atoms with van der Waals surface area (Å²) in [6.45, 7) is 7.09. The van der Waals surface area contributed by atoms with Crippen LogP contribution in [0.2, 0.25) is 0 Å². The molecular formula is C22H31NO9. The smallest absolute Gasteiger partial charge is 0.407 e. The first-order valence-corrected chi connectivity index (χ1v) is 10.7. The fourth-order valence-corrected chi connectivity index (χ4v) is 4.27. The molecule has 0 aromatic heterocycles. The van der Waals surface area contributed by atoms with Crippen molar-refractivity contribution in [3.8, 4) is 0 Å². The first kappa shape index (κ1) is 23.4. The summed E-state index contributed by atoms with van der Waals surface area (Å²) in [6.07, 6.45) is -6.39. The topological polar surface area (TPSA) is 125 Å². The molecular weight excluding hydrogens is 422 g/mol. The molecule has 7 atom stereocenters. The number of aliphatic hydroxyl groups excluding tert-OH is 2. The number of nitrogens with one attached hydrogen (secondary N) is 1. The molecule has 3 heterocycles. The van der Waals surface area contributed by atoms with Gasteiger partial charge in [-0.05, 0) is 33.3 Å². The van der Waals surface area contributed by atoms with Gasteiger partial charge in [0.15, 0.2) is 17.9 Å². The van der Waals surface area contributed by atoms with Gasteiger partial charge < -0.3 is 44.0 Å². The highest BCUT2D eigenvalue weighted by Crippen LogP contribution is 2.40. The molecule has 0 bridgehead atoms. The number of hydrogen-bond acceptors (Lipinski definition) is 9. The Bertz CT molecular complexity index is 802. The lowest BCUT2D eigenvalue weighted by molar-refractivity contribution is -0.228. The van der Waals surface area contributed by atoms with Crippen LogP contribution in [0.3, 0.4) is 0 Å². The second-order valence-corrected chi connectivity index (χ2v) is 9.15. The SMILES string of the molecule is CC1(C)O[C@H]2[C@H]([C@H](NC(=O)OCc3ccccc3)[C@H](O)[C@H]3COC(C)(C)O3)O[C@@H](O)[C@H]2O1. The standard InChI is InChI=1S/C22H31NO9/c1-21(2)28-11-13(30-21)15(24)14(23-20(26)27-10-12-8-6-5-7-9-12)16-17-18(19(25)29-16)32-22(3,4)31-17/h5-9,13-19,24-25H,10-11H2,1-4H3,(H,23,26)/t13-,14-,15-,16+,17+,18+,19-/m1/s1. The second kappa shape index (κ2) is 8.86. The Morgan fingerprint density at radius 1 is 1.12 bits per heavy atom. The number of amides is 1. The molecule has 0 aliphatic carbocycles. The van der Waals surface area contributed by atoms with E-state index in [4.69, 9.17) is 28.4 Å². The monoisotopic (exact) mass is 453 g/mol. The van der Waals surface area contributed by atoms with Gasteiger partial charge in [-0.25, -0.2) is 4.79 Å². The van der Waals surface area contributed by atoms with E-state index in [1.165, 1.54) is 0 Å². The molecule has 0 radical (unpaired) electrons. The van der Waals surface area contributed by atoms with Crippen LogP contribution in [0.15, 0.2) is 30.3 Å². The summed E-state index contributed by atoms with van der Waals surface area (Å²) in [5.41, 5.74) is 0.816. The molecule has 10 nitrogen and oxygen atoms in total. The fourth-order valence-electron chi connectivity index (χ4n) is 4.27. The summed E-state index contributed by atoms with van der Waals surface area (Å²) >= 11 is 0. The number of aliphatic hydroxyl groups is 2. The molecule has 0 spiro atoms. The summed E-state index contributed by atoms with van der Waals surface area (Å²) in [5, 5.41) is 24.2. The molecule has 1 aromatic carbocycles. The van der Waals surface area contributed by atoms with Gasteiger partial charge in [0.25, 0.3) is 0 Å². The van der Waals surface area contributed by atoms with Gasteiger partial charge in [-0.3, -0.25) is 0 Å². The zero-order chi connectivity index (χ0) is 23.1. The highest BCUT2D eigenvalue weighted by molar-refractivity contribution is 5.67. The Labute approximate surface area is 186 Å². The minimum Gasteiger partial charge on any atom is -0.445 e. The van der Waals surface area contributed by atoms with E-state index in [1.54, 1.807) is 27.7 Å². The lowest BCUT2D eigenvalue weighted by atomic mass is 9.95. The predicted octanol–water partition coefficient (Wildman–Crippen LogP) is 1.03. The lowest BCUT2D eigenvalue weighted by Crippen LogP contribution is -2.58. The van der Waals surface area contributed by atoms with E-state index in [1.807, 2.05) is 30.3 Å². The van der Waals surface area contributed by atoms with Crippen LogP contribution in [-0.2, 0) is 35.0 Å². The van der Waals surface area contributed by atoms with Crippen LogP contribution in [-0.4, -0.2) is 77.3 Å². The maximum atomic E-state index is 12.6. The quantitative estimate of drug-likeness (QED) is 0.579. The molecule has 3 aliphatic heterocycles. The van der Waals surface area contributed by atoms with Gasteiger partial charge in [0.2, 0.25) is 0 Å². The summed E-state index contributed by atoms with van der Waals surface area (Å²) in [6, 6.07) is 8.19. The number of hydrogen-bond donors (Lipinski definition) is 3. The van der Waals surface area contributed by atoms with Crippen molar-refractivity contribution in [1.82, 2.24) is 5.32 Å². The van der Waals surface area contributed by atoms with Gasteiger partial charge >= 0.3 is 6.09 Å². The highest BCUT2D eigenvalue weighted by atomic mass is 16.8. The largest absolute Gasteiger partial charge is 0.445 e. The normalized spacial score (nSPS) is 34.6. The average molecular weight is 453 g/mol. The Hall–Kier alpha value is -1.79. The van der Waals surface area contributed by atoms with E-state index in [0.29, 0.717) is 0 Å². The summed E-state index contributed by atoms with van der Waals surface area (Å²) < 4.78 is 34.0. The van der Waals surface area contributed by atoms with Gasteiger partial charge in [-0.15, -0.1) is 0 Å². The number of ether oxygens (including phenoxy) is 6. The van der Waals surface area contributed by atoms with E-state index in [2.05, 4.69) is 5.32 Å². The van der Waals surface area contributed by atoms with Crippen LogP contribution >= 0.6 is 0 Å². The molecule has 3 saturated heterocycles. The molecule has 3 N–H and O–H groups in total. The van der Waals surface area contributed by atoms with E-state index in [9.17, 15) is 15.0 Å². The Balaban J connectivity index is 1.50. The average Bonchev–Trinajstić information content (AvgIpc) is 3.35. The summed E-state index contributed by atoms with van der Waals surface area (Å²) in [4.78, 5) is 12.6. The van der Waals surface area contributed by atoms with Crippen molar-refractivity contribution in [2.75, 3.05) is 6.61 Å². The van der Waals surface area contributed by atoms with Crippen molar-refractivity contribution in [1.29, 1.82) is 0 Å². The van der Waals surface area contributed by atoms with Crippen LogP contribution in [0.4, 0.5) is 4.79 Å². The Morgan fingerprint density at radius 3 is 2.47 bits per heavy atom. The van der Waals surface area contributed by atoms with Crippen LogP contribution < -0.4 is 5.32 Å². The molecule has 3 aliphatic rings. The van der Waals surface area contributed by atoms with Gasteiger partial charge in [-0.2, -0.15) is 0 Å². The number of alkyl carbamates (subject to hydrolysis) is 1. The number of fused-ring (bicyclic) bond motifs is 1. The summed E-state index contributed by atoms with van der Waals surface area (Å²) in [5.74, 6) is -1.83. The van der Waals surface area contributed by atoms with E-state index in [-0.39, 0.29) is 13.2 Å². The van der Waals surface area contributed by atoms with Crippen LogP contribution in [0.25, 0.3) is 0 Å². The molecule has 32 heavy (non-hydrogen) atoms. The van der Waals surface area contributed by atoms with Gasteiger partial charge in [0.05, 0.1) is 12.6 Å². The Morgan fingerprint density at radius 2 is 1.81 bits per heavy atom. The second-order valence-electron chi connectivity index (χ2n) is 9.15. The number of benzene rings is 1. The molecule has 4 rings (SSSR count). The molecule has 178 valence electrons. The van der Waals surface area contributed by atoms with Crippen molar-refractivity contribution in [3.63, 3.8) is 0 Å². The van der Waals surface area contributed by atoms with Crippen molar-refractivity contribution in [3.05, 3.63) is 35.9 Å². The third-order valence-electron chi connectivity index (χ3n) is 5.70. The number of rotatable bonds is 6. The number of carbonyl (C=O) groups excluding carboxylic acids is 1. The molecule has 1 aromatic rings. The molecule has 1 amide bonds. The van der Waals surface area contributed by atoms with Crippen molar-refractivity contribution in [2.24, 2.45) is 0 Å². The third kappa shape index (κ3) is 5.07. The van der Waals surface area contributed by atoms with Gasteiger partial charge in [-0.1, -0.05) is 30.3 Å². The van der Waals surface area contributed by atoms with Gasteiger partial charge in [0.1, 0.15) is 37.1 Å². The van der Waals surface area contributed by atoms with Crippen molar-refractivity contribution in [2.45, 2.75) is 88.7 Å². The molecule has 10 heteroatoms. The maximum absolute atomic E-state index is 12.6. The van der Waals surface area contributed by atoms with Crippen molar-refractivity contribution < 1.29 is 43.4 Å². The maximum Gasteiger partial charge on any atom is 0.407 e. The van der Waals surface area contributed by atoms with Gasteiger partial charge in [0, 0.05) is 0 Å². The lowest BCUT2D eigenvalue weighted by Gasteiger charge is -2.33. The highest BCUT2D eigenvalue weighted by Gasteiger charge is 2.59. The first-order valence-electron chi connectivity index (χ1n) is 10.7. The van der Waals surface area contributed by atoms with Crippen molar-refractivity contribution >= 4 is 6.09 Å². The third-order valence-corrected chi connectivity index (χ3v) is 5.70. The predicted molar refractivity (Wildman–Crippen MR) is 109 cm³/mol. The molecule has 0 unspecified atom stereocenters. The summed E-state index contributed by atoms with van der Waals surface area (Å²) in [7, 11) is 0. The minimum atomic E-state index is -1.28. The van der Waals surface area contributed by atoms with E-state index < -0.39 is 60.5 Å². The van der Waals surface area contributed by atoms with Crippen LogP contribution in [0, 0.1) is 0 Å². The zero-order valence-corrected chi connectivity index (χ0v) is 18.6. The van der Waals surface area contributed by atoms with Crippen LogP contribution in [0.1, 0.15) is 33.3 Å². The minimum absolute atomic E-state index is 0.0540. The first-order chi connectivity index (χ1) is 15.0. The molecule has 3 fully saturated rings. The van der Waals surface area contributed by atoms with Crippen LogP contribution in [0.5, 0.6) is 0 Å². The Kier molecular flexibility index (Phi) is 6.47. The van der Waals surface area contributed by atoms with E-state index in [0.717, 1.165) is 5.56 Å². The van der Waals surface area contributed by atoms with E-state index >= 15 is 0 Å². The zero-order valence-electron chi connectivity index (χ0n) is 18.6. The fraction of sp³-hybridized carbons (Fsp3) is 0.682. The molecule has 0 saturated carbocycles. The number of carbonyl (C=O) groups is 1.